The van der Waals surface area contributed by atoms with Gasteiger partial charge in [0.05, 0.1) is 5.69 Å². The molecule has 3 nitrogen and oxygen atoms in total. The lowest BCUT2D eigenvalue weighted by Gasteiger charge is -2.24. The Morgan fingerprint density at radius 2 is 1.88 bits per heavy atom. The summed E-state index contributed by atoms with van der Waals surface area (Å²) in [5.41, 5.74) is 2.24. The van der Waals surface area contributed by atoms with Crippen LogP contribution in [0.3, 0.4) is 0 Å². The predicted molar refractivity (Wildman–Crippen MR) is 66.4 cm³/mol. The minimum atomic E-state index is 0.351. The minimum Gasteiger partial charge on any atom is -0.361 e. The number of rotatable bonds is 5. The number of aromatic nitrogens is 1. The first kappa shape index (κ1) is 13.2. The molecule has 0 aliphatic rings. The van der Waals surface area contributed by atoms with E-state index in [4.69, 9.17) is 4.52 Å². The maximum atomic E-state index is 5.23. The lowest BCUT2D eigenvalue weighted by molar-refractivity contribution is 0.362. The molecule has 1 aromatic rings. The summed E-state index contributed by atoms with van der Waals surface area (Å²) in [6.07, 6.45) is 1.06. The molecule has 0 aromatic carbocycles. The zero-order chi connectivity index (χ0) is 12.3. The summed E-state index contributed by atoms with van der Waals surface area (Å²) in [5.74, 6) is 1.57. The van der Waals surface area contributed by atoms with Crippen LogP contribution in [0.1, 0.15) is 57.2 Å². The predicted octanol–water partition coefficient (Wildman–Crippen LogP) is 3.38. The molecular weight excluding hydrogens is 200 g/mol. The van der Waals surface area contributed by atoms with Gasteiger partial charge in [-0.3, -0.25) is 0 Å². The Balaban J connectivity index is 2.83. The molecule has 0 bridgehead atoms. The van der Waals surface area contributed by atoms with Crippen LogP contribution < -0.4 is 5.32 Å². The van der Waals surface area contributed by atoms with Crippen LogP contribution in [0.5, 0.6) is 0 Å². The van der Waals surface area contributed by atoms with Crippen molar-refractivity contribution in [1.82, 2.24) is 10.5 Å². The molecule has 1 rings (SSSR count). The number of hydrogen-bond acceptors (Lipinski definition) is 3. The van der Waals surface area contributed by atoms with E-state index < -0.39 is 0 Å². The summed E-state index contributed by atoms with van der Waals surface area (Å²) in [6.45, 7) is 12.9. The minimum absolute atomic E-state index is 0.351. The van der Waals surface area contributed by atoms with E-state index in [-0.39, 0.29) is 0 Å². The first-order valence-corrected chi connectivity index (χ1v) is 6.16. The van der Waals surface area contributed by atoms with Crippen LogP contribution in [0, 0.1) is 19.8 Å². The van der Waals surface area contributed by atoms with Crippen LogP contribution in [0.25, 0.3) is 0 Å². The van der Waals surface area contributed by atoms with E-state index >= 15 is 0 Å². The molecule has 2 atom stereocenters. The smallest absolute Gasteiger partial charge is 0.138 e. The van der Waals surface area contributed by atoms with E-state index in [1.165, 1.54) is 5.56 Å². The Morgan fingerprint density at radius 3 is 2.25 bits per heavy atom. The summed E-state index contributed by atoms with van der Waals surface area (Å²) in [4.78, 5) is 0. The van der Waals surface area contributed by atoms with Crippen molar-refractivity contribution in [2.45, 2.75) is 60.0 Å². The van der Waals surface area contributed by atoms with Crippen molar-refractivity contribution < 1.29 is 4.52 Å². The highest BCUT2D eigenvalue weighted by atomic mass is 16.5. The van der Waals surface area contributed by atoms with Crippen molar-refractivity contribution in [1.29, 1.82) is 0 Å². The molecule has 1 heterocycles. The molecule has 0 aliphatic heterocycles. The highest BCUT2D eigenvalue weighted by Gasteiger charge is 2.21. The van der Waals surface area contributed by atoms with Gasteiger partial charge in [-0.2, -0.15) is 0 Å². The molecule has 1 aromatic heterocycles. The van der Waals surface area contributed by atoms with Crippen LogP contribution >= 0.6 is 0 Å². The largest absolute Gasteiger partial charge is 0.361 e. The lowest BCUT2D eigenvalue weighted by atomic mass is 9.99. The molecule has 0 saturated carbocycles. The van der Waals surface area contributed by atoms with Gasteiger partial charge in [-0.05, 0) is 33.1 Å². The maximum absolute atomic E-state index is 5.23. The molecule has 0 amide bonds. The van der Waals surface area contributed by atoms with Crippen LogP contribution in [0.2, 0.25) is 0 Å². The van der Waals surface area contributed by atoms with Gasteiger partial charge in [0.2, 0.25) is 0 Å². The Morgan fingerprint density at radius 1 is 1.25 bits per heavy atom. The molecule has 3 heteroatoms. The monoisotopic (exact) mass is 224 g/mol. The van der Waals surface area contributed by atoms with Gasteiger partial charge >= 0.3 is 0 Å². The fourth-order valence-electron chi connectivity index (χ4n) is 1.90. The Kier molecular flexibility index (Phi) is 4.54. The van der Waals surface area contributed by atoms with Gasteiger partial charge in [0, 0.05) is 17.6 Å². The van der Waals surface area contributed by atoms with Crippen LogP contribution in [0.4, 0.5) is 0 Å². The van der Waals surface area contributed by atoms with Crippen molar-refractivity contribution >= 4 is 0 Å². The average Bonchev–Trinajstić information content (AvgIpc) is 2.55. The summed E-state index contributed by atoms with van der Waals surface area (Å²) in [5, 5.41) is 7.67. The molecular formula is C13H24N2O. The van der Waals surface area contributed by atoms with Crippen LogP contribution in [0.15, 0.2) is 4.52 Å². The highest BCUT2D eigenvalue weighted by molar-refractivity contribution is 5.25. The van der Waals surface area contributed by atoms with E-state index in [1.807, 2.05) is 13.8 Å². The van der Waals surface area contributed by atoms with Gasteiger partial charge in [0.1, 0.15) is 5.76 Å². The molecule has 0 spiro atoms. The Labute approximate surface area is 98.6 Å². The van der Waals surface area contributed by atoms with Gasteiger partial charge < -0.3 is 9.84 Å². The molecule has 1 N–H and O–H groups in total. The molecule has 0 fully saturated rings. The average molecular weight is 224 g/mol. The second-order valence-corrected chi connectivity index (χ2v) is 4.90. The summed E-state index contributed by atoms with van der Waals surface area (Å²) < 4.78 is 5.23. The fourth-order valence-corrected chi connectivity index (χ4v) is 1.90. The summed E-state index contributed by atoms with van der Waals surface area (Å²) in [6, 6.07) is 0.849. The number of hydrogen-bond donors (Lipinski definition) is 1. The normalized spacial score (nSPS) is 15.4. The maximum Gasteiger partial charge on any atom is 0.138 e. The van der Waals surface area contributed by atoms with Gasteiger partial charge in [0.25, 0.3) is 0 Å². The molecule has 0 unspecified atom stereocenters. The van der Waals surface area contributed by atoms with Gasteiger partial charge in [-0.15, -0.1) is 0 Å². The number of nitrogens with zero attached hydrogens (tertiary/aromatic N) is 1. The quantitative estimate of drug-likeness (QED) is 0.833. The van der Waals surface area contributed by atoms with Gasteiger partial charge in [-0.25, -0.2) is 0 Å². The Hall–Kier alpha value is -0.830. The van der Waals surface area contributed by atoms with Crippen molar-refractivity contribution in [3.63, 3.8) is 0 Å². The zero-order valence-corrected chi connectivity index (χ0v) is 11.3. The summed E-state index contributed by atoms with van der Waals surface area (Å²) >= 11 is 0. The van der Waals surface area contributed by atoms with E-state index in [9.17, 15) is 0 Å². The topological polar surface area (TPSA) is 38.1 Å². The molecule has 16 heavy (non-hydrogen) atoms. The van der Waals surface area contributed by atoms with Crippen molar-refractivity contribution in [3.8, 4) is 0 Å². The third kappa shape index (κ3) is 2.85. The van der Waals surface area contributed by atoms with E-state index in [0.717, 1.165) is 17.9 Å². The molecule has 0 saturated heterocycles. The first-order valence-electron chi connectivity index (χ1n) is 6.16. The zero-order valence-electron chi connectivity index (χ0n) is 11.3. The van der Waals surface area contributed by atoms with Crippen LogP contribution in [-0.2, 0) is 0 Å². The number of nitrogens with one attached hydrogen (secondary N) is 1. The van der Waals surface area contributed by atoms with Crippen molar-refractivity contribution in [2.75, 3.05) is 0 Å². The van der Waals surface area contributed by atoms with E-state index in [0.29, 0.717) is 18.0 Å². The van der Waals surface area contributed by atoms with Gasteiger partial charge in [-0.1, -0.05) is 25.9 Å². The van der Waals surface area contributed by atoms with Crippen molar-refractivity contribution in [2.24, 2.45) is 5.92 Å². The van der Waals surface area contributed by atoms with Crippen molar-refractivity contribution in [3.05, 3.63) is 17.0 Å². The SMILES string of the molecule is CC[C@@H](N[C@H](C)C(C)C)c1c(C)noc1C. The second-order valence-electron chi connectivity index (χ2n) is 4.90. The van der Waals surface area contributed by atoms with Crippen LogP contribution in [-0.4, -0.2) is 11.2 Å². The van der Waals surface area contributed by atoms with Gasteiger partial charge in [0.15, 0.2) is 0 Å². The molecule has 92 valence electrons. The fraction of sp³-hybridized carbons (Fsp3) is 0.769. The first-order chi connectivity index (χ1) is 7.47. The molecule has 0 radical (unpaired) electrons. The standard InChI is InChI=1S/C13H24N2O/c1-7-12(14-9(4)8(2)3)13-10(5)15-16-11(13)6/h8-9,12,14H,7H2,1-6H3/t9-,12-/m1/s1. The third-order valence-electron chi connectivity index (χ3n) is 3.31. The van der Waals surface area contributed by atoms with E-state index in [1.54, 1.807) is 0 Å². The Bertz CT molecular complexity index is 311. The molecule has 0 aliphatic carbocycles. The third-order valence-corrected chi connectivity index (χ3v) is 3.31. The lowest BCUT2D eigenvalue weighted by Crippen LogP contribution is -2.34. The highest BCUT2D eigenvalue weighted by Crippen LogP contribution is 2.25. The summed E-state index contributed by atoms with van der Waals surface area (Å²) in [7, 11) is 0. The second kappa shape index (κ2) is 5.48. The van der Waals surface area contributed by atoms with E-state index in [2.05, 4.69) is 38.2 Å². The number of aryl methyl sites for hydroxylation is 2.